The summed E-state index contributed by atoms with van der Waals surface area (Å²) >= 11 is 0. The molecular weight excluding hydrogens is 434 g/mol. The fraction of sp³-hybridized carbons (Fsp3) is 0.480. The van der Waals surface area contributed by atoms with Crippen LogP contribution in [-0.2, 0) is 16.1 Å². The average molecular weight is 468 g/mol. The maximum Gasteiger partial charge on any atom is 0.317 e. The molecule has 1 spiro atoms. The van der Waals surface area contributed by atoms with Gasteiger partial charge in [0.05, 0.1) is 19.5 Å². The van der Waals surface area contributed by atoms with Crippen molar-refractivity contribution in [1.29, 1.82) is 0 Å². The summed E-state index contributed by atoms with van der Waals surface area (Å²) in [5.41, 5.74) is -0.172. The summed E-state index contributed by atoms with van der Waals surface area (Å²) in [6, 6.07) is 13.2. The largest absolute Gasteiger partial charge is 0.467 e. The first-order valence-electron chi connectivity index (χ1n) is 11.7. The van der Waals surface area contributed by atoms with E-state index < -0.39 is 5.54 Å². The van der Waals surface area contributed by atoms with Crippen LogP contribution in [0.2, 0.25) is 0 Å². The average Bonchev–Trinajstić information content (AvgIpc) is 3.41. The number of hydrogen-bond acceptors (Lipinski definition) is 5. The Balaban J connectivity index is 1.47. The SMILES string of the molecule is CC(C)(C)NC(=O)N1CCC2(CC1)C(=O)N(CC(=O)NCc1ccco1)CN2c1ccccc1. The smallest absolute Gasteiger partial charge is 0.317 e. The van der Waals surface area contributed by atoms with E-state index in [4.69, 9.17) is 4.42 Å². The standard InChI is InChI=1S/C25H33N5O4/c1-24(2,3)27-23(33)28-13-11-25(12-14-28)22(32)29(18-30(25)19-8-5-4-6-9-19)17-21(31)26-16-20-10-7-15-34-20/h4-10,15H,11-14,16-18H2,1-3H3,(H,26,31)(H,27,33). The van der Waals surface area contributed by atoms with Crippen LogP contribution < -0.4 is 15.5 Å². The highest BCUT2D eigenvalue weighted by atomic mass is 16.3. The van der Waals surface area contributed by atoms with Crippen LogP contribution in [0.5, 0.6) is 0 Å². The van der Waals surface area contributed by atoms with Crippen LogP contribution in [0.3, 0.4) is 0 Å². The molecule has 0 atom stereocenters. The van der Waals surface area contributed by atoms with Crippen molar-refractivity contribution in [2.75, 3.05) is 31.2 Å². The van der Waals surface area contributed by atoms with Gasteiger partial charge in [-0.1, -0.05) is 18.2 Å². The molecule has 9 nitrogen and oxygen atoms in total. The van der Waals surface area contributed by atoms with Gasteiger partial charge < -0.3 is 29.8 Å². The molecule has 2 saturated heterocycles. The van der Waals surface area contributed by atoms with Crippen LogP contribution >= 0.6 is 0 Å². The first-order chi connectivity index (χ1) is 16.2. The number of piperidine rings is 1. The third-order valence-corrected chi connectivity index (χ3v) is 6.32. The molecule has 0 bridgehead atoms. The quantitative estimate of drug-likeness (QED) is 0.704. The summed E-state index contributed by atoms with van der Waals surface area (Å²) in [6.45, 7) is 7.35. The Hall–Kier alpha value is -3.49. The highest BCUT2D eigenvalue weighted by Gasteiger charge is 2.54. The Kier molecular flexibility index (Phi) is 6.54. The molecule has 34 heavy (non-hydrogen) atoms. The minimum atomic E-state index is -0.777. The van der Waals surface area contributed by atoms with E-state index in [0.717, 1.165) is 5.69 Å². The fourth-order valence-electron chi connectivity index (χ4n) is 4.63. The minimum Gasteiger partial charge on any atom is -0.467 e. The lowest BCUT2D eigenvalue weighted by Crippen LogP contribution is -2.59. The summed E-state index contributed by atoms with van der Waals surface area (Å²) < 4.78 is 5.26. The van der Waals surface area contributed by atoms with Gasteiger partial charge in [-0.25, -0.2) is 4.79 Å². The number of rotatable bonds is 5. The number of hydrogen-bond donors (Lipinski definition) is 2. The van der Waals surface area contributed by atoms with Gasteiger partial charge in [0, 0.05) is 24.3 Å². The molecule has 2 aliphatic heterocycles. The van der Waals surface area contributed by atoms with Crippen molar-refractivity contribution in [2.45, 2.75) is 51.2 Å². The summed E-state index contributed by atoms with van der Waals surface area (Å²) in [6.07, 6.45) is 2.56. The molecule has 0 saturated carbocycles. The second-order valence-corrected chi connectivity index (χ2v) is 9.96. The number of carbonyl (C=O) groups is 3. The number of furan rings is 1. The number of nitrogens with zero attached hydrogens (tertiary/aromatic N) is 3. The Morgan fingerprint density at radius 1 is 1.06 bits per heavy atom. The number of para-hydroxylation sites is 1. The highest BCUT2D eigenvalue weighted by molar-refractivity contribution is 5.96. The van der Waals surface area contributed by atoms with E-state index in [0.29, 0.717) is 38.4 Å². The van der Waals surface area contributed by atoms with E-state index in [-0.39, 0.29) is 36.5 Å². The van der Waals surface area contributed by atoms with Crippen molar-refractivity contribution in [3.8, 4) is 0 Å². The lowest BCUT2D eigenvalue weighted by atomic mass is 9.85. The zero-order chi connectivity index (χ0) is 24.3. The highest BCUT2D eigenvalue weighted by Crippen LogP contribution is 2.39. The summed E-state index contributed by atoms with van der Waals surface area (Å²) in [4.78, 5) is 44.5. The molecule has 4 rings (SSSR count). The van der Waals surface area contributed by atoms with Crippen molar-refractivity contribution in [1.82, 2.24) is 20.4 Å². The summed E-state index contributed by atoms with van der Waals surface area (Å²) in [7, 11) is 0. The van der Waals surface area contributed by atoms with Crippen molar-refractivity contribution < 1.29 is 18.8 Å². The van der Waals surface area contributed by atoms with Gasteiger partial charge in [-0.05, 0) is 57.9 Å². The number of benzene rings is 1. The van der Waals surface area contributed by atoms with E-state index >= 15 is 0 Å². The van der Waals surface area contributed by atoms with Crippen molar-refractivity contribution >= 4 is 23.5 Å². The zero-order valence-corrected chi connectivity index (χ0v) is 20.0. The number of carbonyl (C=O) groups excluding carboxylic acids is 3. The second-order valence-electron chi connectivity index (χ2n) is 9.96. The Morgan fingerprint density at radius 2 is 1.76 bits per heavy atom. The van der Waals surface area contributed by atoms with Crippen molar-refractivity contribution in [3.05, 3.63) is 54.5 Å². The minimum absolute atomic E-state index is 0.0289. The zero-order valence-electron chi connectivity index (χ0n) is 20.0. The number of amides is 4. The molecule has 1 aromatic heterocycles. The van der Waals surface area contributed by atoms with Gasteiger partial charge in [0.1, 0.15) is 17.8 Å². The van der Waals surface area contributed by atoms with Crippen LogP contribution in [0, 0.1) is 0 Å². The van der Waals surface area contributed by atoms with Crippen LogP contribution in [-0.4, -0.2) is 65.0 Å². The van der Waals surface area contributed by atoms with Crippen LogP contribution in [0.15, 0.2) is 53.1 Å². The molecule has 2 aromatic rings. The van der Waals surface area contributed by atoms with Gasteiger partial charge >= 0.3 is 6.03 Å². The van der Waals surface area contributed by atoms with E-state index in [1.807, 2.05) is 51.1 Å². The number of likely N-dealkylation sites (tertiary alicyclic amines) is 1. The lowest BCUT2D eigenvalue weighted by Gasteiger charge is -2.43. The molecule has 4 amide bonds. The van der Waals surface area contributed by atoms with Crippen LogP contribution in [0.25, 0.3) is 0 Å². The van der Waals surface area contributed by atoms with Crippen molar-refractivity contribution in [2.24, 2.45) is 0 Å². The van der Waals surface area contributed by atoms with E-state index in [1.54, 1.807) is 28.2 Å². The van der Waals surface area contributed by atoms with Gasteiger partial charge in [0.15, 0.2) is 0 Å². The summed E-state index contributed by atoms with van der Waals surface area (Å²) in [5, 5.41) is 5.82. The number of anilines is 1. The van der Waals surface area contributed by atoms with E-state index in [2.05, 4.69) is 15.5 Å². The molecule has 1 aromatic carbocycles. The first-order valence-corrected chi connectivity index (χ1v) is 11.7. The van der Waals surface area contributed by atoms with E-state index in [9.17, 15) is 14.4 Å². The van der Waals surface area contributed by atoms with Crippen molar-refractivity contribution in [3.63, 3.8) is 0 Å². The second kappa shape index (κ2) is 9.40. The predicted molar refractivity (Wildman–Crippen MR) is 128 cm³/mol. The van der Waals surface area contributed by atoms with E-state index in [1.165, 1.54) is 0 Å². The number of nitrogens with one attached hydrogen (secondary N) is 2. The maximum absolute atomic E-state index is 13.7. The van der Waals surface area contributed by atoms with Gasteiger partial charge in [-0.3, -0.25) is 9.59 Å². The maximum atomic E-state index is 13.7. The molecule has 182 valence electrons. The Bertz CT molecular complexity index is 1010. The van der Waals surface area contributed by atoms with Gasteiger partial charge in [-0.15, -0.1) is 0 Å². The Morgan fingerprint density at radius 3 is 2.38 bits per heavy atom. The summed E-state index contributed by atoms with van der Waals surface area (Å²) in [5.74, 6) is 0.349. The predicted octanol–water partition coefficient (Wildman–Crippen LogP) is 2.54. The van der Waals surface area contributed by atoms with Gasteiger partial charge in [0.2, 0.25) is 5.91 Å². The fourth-order valence-corrected chi connectivity index (χ4v) is 4.63. The lowest BCUT2D eigenvalue weighted by molar-refractivity contribution is -0.137. The molecule has 0 aliphatic carbocycles. The number of urea groups is 1. The topological polar surface area (TPSA) is 98.1 Å². The third-order valence-electron chi connectivity index (χ3n) is 6.32. The monoisotopic (exact) mass is 467 g/mol. The normalized spacial score (nSPS) is 17.9. The molecule has 3 heterocycles. The molecule has 2 fully saturated rings. The first kappa shape index (κ1) is 23.7. The van der Waals surface area contributed by atoms with Gasteiger partial charge in [0.25, 0.3) is 5.91 Å². The van der Waals surface area contributed by atoms with Crippen LogP contribution in [0.4, 0.5) is 10.5 Å². The molecule has 2 aliphatic rings. The Labute approximate surface area is 200 Å². The molecule has 0 radical (unpaired) electrons. The molecular formula is C25H33N5O4. The van der Waals surface area contributed by atoms with Gasteiger partial charge in [-0.2, -0.15) is 0 Å². The molecule has 0 unspecified atom stereocenters. The van der Waals surface area contributed by atoms with Crippen LogP contribution in [0.1, 0.15) is 39.4 Å². The molecule has 2 N–H and O–H groups in total. The molecule has 9 heteroatoms. The third kappa shape index (κ3) is 5.03.